The molecule has 4 nitrogen and oxygen atoms in total. The molecule has 2 aromatic rings. The summed E-state index contributed by atoms with van der Waals surface area (Å²) in [5, 5.41) is 3.86. The molecule has 0 fully saturated rings. The molecule has 0 saturated carbocycles. The van der Waals surface area contributed by atoms with Crippen LogP contribution in [0.3, 0.4) is 0 Å². The van der Waals surface area contributed by atoms with E-state index in [1.807, 2.05) is 42.0 Å². The summed E-state index contributed by atoms with van der Waals surface area (Å²) >= 11 is 0. The van der Waals surface area contributed by atoms with Crippen LogP contribution in [-0.2, 0) is 11.3 Å². The van der Waals surface area contributed by atoms with Gasteiger partial charge in [0.15, 0.2) is 0 Å². The van der Waals surface area contributed by atoms with Crippen molar-refractivity contribution in [1.29, 1.82) is 0 Å². The number of carbonyl (C=O) groups excluding carboxylic acids is 1. The minimum absolute atomic E-state index is 0.0341. The molecule has 0 aliphatic rings. The van der Waals surface area contributed by atoms with Gasteiger partial charge in [-0.25, -0.2) is 0 Å². The number of hydrogen-bond acceptors (Lipinski definition) is 2. The summed E-state index contributed by atoms with van der Waals surface area (Å²) in [6, 6.07) is 7.68. The zero-order valence-corrected chi connectivity index (χ0v) is 9.94. The zero-order chi connectivity index (χ0) is 12.3. The molecular formula is C13H17N3O. The standard InChI is InChI=1S/C13H17N3O/c1-2-7-15-13(17)9-16-8-6-10-11(14)4-3-5-12(10)16/h3-6,8H,2,7,9,14H2,1H3,(H,15,17). The number of anilines is 1. The molecule has 0 aliphatic carbocycles. The first kappa shape index (κ1) is 11.5. The van der Waals surface area contributed by atoms with Crippen molar-refractivity contribution in [3.8, 4) is 0 Å². The highest BCUT2D eigenvalue weighted by Gasteiger charge is 2.06. The molecule has 4 heteroatoms. The van der Waals surface area contributed by atoms with Gasteiger partial charge in [-0.15, -0.1) is 0 Å². The Kier molecular flexibility index (Phi) is 3.32. The second-order valence-electron chi connectivity index (χ2n) is 4.07. The average molecular weight is 231 g/mol. The number of benzene rings is 1. The van der Waals surface area contributed by atoms with Crippen molar-refractivity contribution < 1.29 is 4.79 Å². The Morgan fingerprint density at radius 2 is 2.24 bits per heavy atom. The number of nitrogens with zero attached hydrogens (tertiary/aromatic N) is 1. The molecule has 1 amide bonds. The first-order valence-electron chi connectivity index (χ1n) is 5.82. The fraction of sp³-hybridized carbons (Fsp3) is 0.308. The van der Waals surface area contributed by atoms with Gasteiger partial charge in [0, 0.05) is 23.8 Å². The Labute approximate surface area is 100 Å². The van der Waals surface area contributed by atoms with E-state index >= 15 is 0 Å². The summed E-state index contributed by atoms with van der Waals surface area (Å²) in [5.74, 6) is 0.0341. The van der Waals surface area contributed by atoms with Crippen LogP contribution in [0.5, 0.6) is 0 Å². The van der Waals surface area contributed by atoms with Crippen LogP contribution >= 0.6 is 0 Å². The second-order valence-corrected chi connectivity index (χ2v) is 4.07. The highest BCUT2D eigenvalue weighted by molar-refractivity contribution is 5.92. The number of fused-ring (bicyclic) bond motifs is 1. The molecule has 1 aromatic heterocycles. The van der Waals surface area contributed by atoms with Crippen LogP contribution in [0.25, 0.3) is 10.9 Å². The lowest BCUT2D eigenvalue weighted by Crippen LogP contribution is -2.27. The maximum atomic E-state index is 11.6. The Balaban J connectivity index is 2.19. The fourth-order valence-electron chi connectivity index (χ4n) is 1.86. The number of rotatable bonds is 4. The van der Waals surface area contributed by atoms with Gasteiger partial charge in [0.1, 0.15) is 6.54 Å². The van der Waals surface area contributed by atoms with Gasteiger partial charge in [0.2, 0.25) is 5.91 Å². The molecule has 0 saturated heterocycles. The summed E-state index contributed by atoms with van der Waals surface area (Å²) in [5.41, 5.74) is 7.61. The monoisotopic (exact) mass is 231 g/mol. The number of nitrogen functional groups attached to an aromatic ring is 1. The van der Waals surface area contributed by atoms with Crippen LogP contribution < -0.4 is 11.1 Å². The highest BCUT2D eigenvalue weighted by atomic mass is 16.1. The molecule has 0 aliphatic heterocycles. The first-order chi connectivity index (χ1) is 8.22. The lowest BCUT2D eigenvalue weighted by molar-refractivity contribution is -0.121. The van der Waals surface area contributed by atoms with Crippen LogP contribution in [0.15, 0.2) is 30.5 Å². The lowest BCUT2D eigenvalue weighted by atomic mass is 10.2. The van der Waals surface area contributed by atoms with E-state index in [9.17, 15) is 4.79 Å². The predicted octanol–water partition coefficient (Wildman–Crippen LogP) is 1.75. The molecule has 1 heterocycles. The van der Waals surface area contributed by atoms with Gasteiger partial charge in [0.25, 0.3) is 0 Å². The predicted molar refractivity (Wildman–Crippen MR) is 69.7 cm³/mol. The molecule has 0 atom stereocenters. The largest absolute Gasteiger partial charge is 0.398 e. The van der Waals surface area contributed by atoms with E-state index < -0.39 is 0 Å². The lowest BCUT2D eigenvalue weighted by Gasteiger charge is -2.06. The molecule has 3 N–H and O–H groups in total. The van der Waals surface area contributed by atoms with E-state index in [0.29, 0.717) is 6.54 Å². The number of aromatic nitrogens is 1. The molecule has 0 radical (unpaired) electrons. The minimum Gasteiger partial charge on any atom is -0.398 e. The number of amides is 1. The van der Waals surface area contributed by atoms with E-state index in [0.717, 1.165) is 29.6 Å². The van der Waals surface area contributed by atoms with Crippen molar-refractivity contribution >= 4 is 22.5 Å². The molecule has 0 unspecified atom stereocenters. The zero-order valence-electron chi connectivity index (χ0n) is 9.94. The first-order valence-corrected chi connectivity index (χ1v) is 5.82. The topological polar surface area (TPSA) is 60.0 Å². The van der Waals surface area contributed by atoms with Crippen LogP contribution in [0.4, 0.5) is 5.69 Å². The van der Waals surface area contributed by atoms with E-state index in [4.69, 9.17) is 5.73 Å². The number of carbonyl (C=O) groups is 1. The van der Waals surface area contributed by atoms with Crippen molar-refractivity contribution in [1.82, 2.24) is 9.88 Å². The molecule has 0 spiro atoms. The van der Waals surface area contributed by atoms with Gasteiger partial charge < -0.3 is 15.6 Å². The molecule has 0 bridgehead atoms. The third-order valence-electron chi connectivity index (χ3n) is 2.73. The summed E-state index contributed by atoms with van der Waals surface area (Å²) in [7, 11) is 0. The van der Waals surface area contributed by atoms with Gasteiger partial charge in [-0.1, -0.05) is 13.0 Å². The maximum Gasteiger partial charge on any atom is 0.239 e. The van der Waals surface area contributed by atoms with Crippen molar-refractivity contribution in [2.75, 3.05) is 12.3 Å². The quantitative estimate of drug-likeness (QED) is 0.787. The smallest absolute Gasteiger partial charge is 0.239 e. The third-order valence-corrected chi connectivity index (χ3v) is 2.73. The highest BCUT2D eigenvalue weighted by Crippen LogP contribution is 2.21. The summed E-state index contributed by atoms with van der Waals surface area (Å²) < 4.78 is 1.91. The molecule has 1 aromatic carbocycles. The van der Waals surface area contributed by atoms with Crippen LogP contribution in [0.2, 0.25) is 0 Å². The van der Waals surface area contributed by atoms with Crippen molar-refractivity contribution in [3.63, 3.8) is 0 Å². The van der Waals surface area contributed by atoms with Gasteiger partial charge in [-0.3, -0.25) is 4.79 Å². The SMILES string of the molecule is CCCNC(=O)Cn1ccc2c(N)cccc21. The minimum atomic E-state index is 0.0341. The summed E-state index contributed by atoms with van der Waals surface area (Å²) in [4.78, 5) is 11.6. The summed E-state index contributed by atoms with van der Waals surface area (Å²) in [6.07, 6.45) is 2.84. The molecule has 17 heavy (non-hydrogen) atoms. The van der Waals surface area contributed by atoms with E-state index in [1.54, 1.807) is 0 Å². The Morgan fingerprint density at radius 1 is 1.41 bits per heavy atom. The maximum absolute atomic E-state index is 11.6. The second kappa shape index (κ2) is 4.91. The van der Waals surface area contributed by atoms with Crippen molar-refractivity contribution in [2.45, 2.75) is 19.9 Å². The third kappa shape index (κ3) is 2.41. The Hall–Kier alpha value is -1.97. The summed E-state index contributed by atoms with van der Waals surface area (Å²) in [6.45, 7) is 3.10. The molecular weight excluding hydrogens is 214 g/mol. The Morgan fingerprint density at radius 3 is 3.00 bits per heavy atom. The van der Waals surface area contributed by atoms with Crippen LogP contribution in [0, 0.1) is 0 Å². The van der Waals surface area contributed by atoms with Gasteiger partial charge in [0.05, 0.1) is 5.52 Å². The number of nitrogens with one attached hydrogen (secondary N) is 1. The fourth-order valence-corrected chi connectivity index (χ4v) is 1.86. The average Bonchev–Trinajstić information content (AvgIpc) is 2.71. The van der Waals surface area contributed by atoms with Gasteiger partial charge >= 0.3 is 0 Å². The molecule has 2 rings (SSSR count). The van der Waals surface area contributed by atoms with Gasteiger partial charge in [-0.05, 0) is 24.6 Å². The van der Waals surface area contributed by atoms with Gasteiger partial charge in [-0.2, -0.15) is 0 Å². The van der Waals surface area contributed by atoms with Crippen LogP contribution in [0.1, 0.15) is 13.3 Å². The van der Waals surface area contributed by atoms with Crippen molar-refractivity contribution in [3.05, 3.63) is 30.5 Å². The number of hydrogen-bond donors (Lipinski definition) is 2. The van der Waals surface area contributed by atoms with Crippen molar-refractivity contribution in [2.24, 2.45) is 0 Å². The van der Waals surface area contributed by atoms with Crippen LogP contribution in [-0.4, -0.2) is 17.0 Å². The van der Waals surface area contributed by atoms with E-state index in [1.165, 1.54) is 0 Å². The van der Waals surface area contributed by atoms with E-state index in [-0.39, 0.29) is 5.91 Å². The van der Waals surface area contributed by atoms with E-state index in [2.05, 4.69) is 5.32 Å². The number of nitrogens with two attached hydrogens (primary N) is 1. The Bertz CT molecular complexity index is 530. The molecule has 90 valence electrons. The normalized spacial score (nSPS) is 10.6.